The summed E-state index contributed by atoms with van der Waals surface area (Å²) < 4.78 is 40.7. The molecular weight excluding hydrogens is 347 g/mol. The van der Waals surface area contributed by atoms with Crippen molar-refractivity contribution in [2.24, 2.45) is 0 Å². The second-order valence-electron chi connectivity index (χ2n) is 5.14. The molecule has 0 spiro atoms. The summed E-state index contributed by atoms with van der Waals surface area (Å²) in [4.78, 5) is 4.32. The number of pyridine rings is 1. The van der Waals surface area contributed by atoms with E-state index in [1.165, 1.54) is 12.1 Å². The molecule has 24 heavy (non-hydrogen) atoms. The zero-order valence-electron chi connectivity index (χ0n) is 12.6. The Hall–Kier alpha value is -2.09. The second kappa shape index (κ2) is 7.21. The highest BCUT2D eigenvalue weighted by molar-refractivity contribution is 7.91. The molecule has 0 amide bonds. The van der Waals surface area contributed by atoms with Crippen molar-refractivity contribution in [3.63, 3.8) is 0 Å². The molecule has 0 bridgehead atoms. The second-order valence-corrected chi connectivity index (χ2v) is 8.08. The summed E-state index contributed by atoms with van der Waals surface area (Å²) in [7, 11) is -3.57. The fraction of sp³-hybridized carbons (Fsp3) is 0.118. The van der Waals surface area contributed by atoms with Crippen LogP contribution >= 0.6 is 11.3 Å². The third-order valence-electron chi connectivity index (χ3n) is 3.55. The summed E-state index contributed by atoms with van der Waals surface area (Å²) in [5, 5.41) is 1.71. The number of benzene rings is 1. The van der Waals surface area contributed by atoms with E-state index < -0.39 is 10.0 Å². The van der Waals surface area contributed by atoms with Gasteiger partial charge < -0.3 is 0 Å². The molecule has 0 saturated carbocycles. The summed E-state index contributed by atoms with van der Waals surface area (Å²) >= 11 is 1.16. The number of sulfonamides is 1. The highest BCUT2D eigenvalue weighted by Crippen LogP contribution is 2.24. The lowest BCUT2D eigenvalue weighted by Crippen LogP contribution is -2.29. The molecule has 4 nitrogen and oxygen atoms in total. The minimum Gasteiger partial charge on any atom is -0.261 e. The van der Waals surface area contributed by atoms with Crippen molar-refractivity contribution in [2.75, 3.05) is 6.54 Å². The van der Waals surface area contributed by atoms with Gasteiger partial charge in [-0.2, -0.15) is 0 Å². The van der Waals surface area contributed by atoms with E-state index in [0.717, 1.165) is 22.6 Å². The lowest BCUT2D eigenvalue weighted by Gasteiger charge is -2.17. The fourth-order valence-corrected chi connectivity index (χ4v) is 4.44. The number of hydrogen-bond donors (Lipinski definition) is 1. The highest BCUT2D eigenvalue weighted by atomic mass is 32.2. The first-order valence-corrected chi connectivity index (χ1v) is 9.62. The number of nitrogens with zero attached hydrogens (tertiary/aromatic N) is 1. The molecule has 2 aromatic heterocycles. The van der Waals surface area contributed by atoms with Gasteiger partial charge in [-0.05, 0) is 41.3 Å². The minimum atomic E-state index is -3.57. The zero-order valence-corrected chi connectivity index (χ0v) is 14.2. The Morgan fingerprint density at radius 2 is 1.88 bits per heavy atom. The molecule has 0 aliphatic carbocycles. The predicted molar refractivity (Wildman–Crippen MR) is 92.0 cm³/mol. The zero-order chi connectivity index (χ0) is 17.0. The van der Waals surface area contributed by atoms with Crippen molar-refractivity contribution in [2.45, 2.75) is 10.1 Å². The van der Waals surface area contributed by atoms with Crippen molar-refractivity contribution >= 4 is 21.4 Å². The van der Waals surface area contributed by atoms with Crippen LogP contribution in [-0.4, -0.2) is 19.9 Å². The van der Waals surface area contributed by atoms with Crippen LogP contribution in [0.5, 0.6) is 0 Å². The molecule has 0 saturated heterocycles. The average Bonchev–Trinajstić information content (AvgIpc) is 3.13. The summed E-state index contributed by atoms with van der Waals surface area (Å²) in [6.45, 7) is 0.142. The van der Waals surface area contributed by atoms with E-state index >= 15 is 0 Å². The highest BCUT2D eigenvalue weighted by Gasteiger charge is 2.21. The Morgan fingerprint density at radius 1 is 1.08 bits per heavy atom. The van der Waals surface area contributed by atoms with Crippen molar-refractivity contribution in [1.29, 1.82) is 0 Å². The Balaban J connectivity index is 1.87. The van der Waals surface area contributed by atoms with Gasteiger partial charge in [-0.25, -0.2) is 17.5 Å². The van der Waals surface area contributed by atoms with E-state index in [4.69, 9.17) is 0 Å². The molecule has 0 aliphatic rings. The first-order valence-electron chi connectivity index (χ1n) is 7.26. The van der Waals surface area contributed by atoms with Crippen LogP contribution in [0.25, 0.3) is 0 Å². The van der Waals surface area contributed by atoms with Gasteiger partial charge >= 0.3 is 0 Å². The smallest absolute Gasteiger partial charge is 0.250 e. The van der Waals surface area contributed by atoms with E-state index in [9.17, 15) is 12.8 Å². The maximum absolute atomic E-state index is 13.2. The largest absolute Gasteiger partial charge is 0.261 e. The Labute approximate surface area is 144 Å². The lowest BCUT2D eigenvalue weighted by molar-refractivity contribution is 0.578. The Kier molecular flexibility index (Phi) is 5.03. The summed E-state index contributed by atoms with van der Waals surface area (Å²) in [6.07, 6.45) is 1.65. The molecule has 2 heterocycles. The maximum atomic E-state index is 13.2. The van der Waals surface area contributed by atoms with Crippen molar-refractivity contribution < 1.29 is 12.8 Å². The third-order valence-corrected chi connectivity index (χ3v) is 6.38. The molecule has 0 radical (unpaired) electrons. The van der Waals surface area contributed by atoms with Crippen molar-refractivity contribution in [3.8, 4) is 0 Å². The van der Waals surface area contributed by atoms with Crippen LogP contribution in [0.15, 0.2) is 70.4 Å². The summed E-state index contributed by atoms with van der Waals surface area (Å²) in [5.41, 5.74) is 1.52. The van der Waals surface area contributed by atoms with Gasteiger partial charge in [0.25, 0.3) is 0 Å². The normalized spacial score (nSPS) is 12.9. The van der Waals surface area contributed by atoms with Crippen molar-refractivity contribution in [1.82, 2.24) is 9.71 Å². The maximum Gasteiger partial charge on any atom is 0.250 e. The minimum absolute atomic E-state index is 0.142. The SMILES string of the molecule is O=S(=O)(NCC(c1ccc(F)cc1)c1ccccn1)c1cccs1. The van der Waals surface area contributed by atoms with E-state index in [-0.39, 0.29) is 22.5 Å². The van der Waals surface area contributed by atoms with Crippen LogP contribution < -0.4 is 4.72 Å². The molecule has 0 aliphatic heterocycles. The summed E-state index contributed by atoms with van der Waals surface area (Å²) in [5.74, 6) is -0.640. The lowest BCUT2D eigenvalue weighted by atomic mass is 9.95. The summed E-state index contributed by atoms with van der Waals surface area (Å²) in [6, 6.07) is 14.7. The molecule has 1 aromatic carbocycles. The van der Waals surface area contributed by atoms with Gasteiger partial charge in [0, 0.05) is 24.4 Å². The molecule has 1 unspecified atom stereocenters. The first kappa shape index (κ1) is 16.8. The van der Waals surface area contributed by atoms with E-state index in [0.29, 0.717) is 0 Å². The van der Waals surface area contributed by atoms with Crippen LogP contribution in [0.4, 0.5) is 4.39 Å². The van der Waals surface area contributed by atoms with Gasteiger partial charge in [0.1, 0.15) is 10.0 Å². The molecule has 1 N–H and O–H groups in total. The number of hydrogen-bond acceptors (Lipinski definition) is 4. The topological polar surface area (TPSA) is 59.1 Å². The molecule has 3 aromatic rings. The quantitative estimate of drug-likeness (QED) is 0.731. The Bertz CT molecular complexity index is 880. The van der Waals surface area contributed by atoms with Gasteiger partial charge in [-0.15, -0.1) is 11.3 Å². The Morgan fingerprint density at radius 3 is 2.50 bits per heavy atom. The molecule has 124 valence electrons. The fourth-order valence-electron chi connectivity index (χ4n) is 2.35. The van der Waals surface area contributed by atoms with Gasteiger partial charge in [0.2, 0.25) is 10.0 Å². The van der Waals surface area contributed by atoms with E-state index in [2.05, 4.69) is 9.71 Å². The average molecular weight is 362 g/mol. The van der Waals surface area contributed by atoms with Gasteiger partial charge in [-0.1, -0.05) is 24.3 Å². The predicted octanol–water partition coefficient (Wildman–Crippen LogP) is 3.39. The van der Waals surface area contributed by atoms with Crippen LogP contribution in [-0.2, 0) is 10.0 Å². The molecule has 1 atom stereocenters. The number of thiophene rings is 1. The van der Waals surface area contributed by atoms with Crippen LogP contribution in [0.1, 0.15) is 17.2 Å². The van der Waals surface area contributed by atoms with E-state index in [1.54, 1.807) is 41.9 Å². The van der Waals surface area contributed by atoms with Crippen LogP contribution in [0.3, 0.4) is 0 Å². The van der Waals surface area contributed by atoms with E-state index in [1.807, 2.05) is 12.1 Å². The third kappa shape index (κ3) is 3.87. The monoisotopic (exact) mass is 362 g/mol. The molecule has 7 heteroatoms. The molecule has 3 rings (SSSR count). The number of rotatable bonds is 6. The number of aromatic nitrogens is 1. The van der Waals surface area contributed by atoms with Crippen molar-refractivity contribution in [3.05, 3.63) is 83.2 Å². The van der Waals surface area contributed by atoms with Crippen LogP contribution in [0.2, 0.25) is 0 Å². The van der Waals surface area contributed by atoms with Crippen LogP contribution in [0, 0.1) is 5.82 Å². The first-order chi connectivity index (χ1) is 11.6. The molecular formula is C17H15FN2O2S2. The van der Waals surface area contributed by atoms with Gasteiger partial charge in [-0.3, -0.25) is 4.98 Å². The molecule has 0 fully saturated rings. The van der Waals surface area contributed by atoms with Gasteiger partial charge in [0.05, 0.1) is 0 Å². The number of nitrogens with one attached hydrogen (secondary N) is 1. The van der Waals surface area contributed by atoms with Gasteiger partial charge in [0.15, 0.2) is 0 Å². The number of halogens is 1. The standard InChI is InChI=1S/C17H15FN2O2S2/c18-14-8-6-13(7-9-14)15(16-4-1-2-10-19-16)12-20-24(21,22)17-5-3-11-23-17/h1-11,15,20H,12H2.